The number of para-hydroxylation sites is 1. The Balaban J connectivity index is 1.40. The Hall–Kier alpha value is -2.63. The zero-order valence-electron chi connectivity index (χ0n) is 17.7. The summed E-state index contributed by atoms with van der Waals surface area (Å²) in [6, 6.07) is 18.8. The van der Waals surface area contributed by atoms with Crippen LogP contribution in [0.25, 0.3) is 10.9 Å². The fraction of sp³-hybridized carbons (Fsp3) is 0.400. The van der Waals surface area contributed by atoms with Gasteiger partial charge in [0.2, 0.25) is 5.91 Å². The largest absolute Gasteiger partial charge is 0.384 e. The molecule has 1 saturated heterocycles. The molecule has 5 nitrogen and oxygen atoms in total. The van der Waals surface area contributed by atoms with Crippen LogP contribution in [-0.2, 0) is 22.4 Å². The number of benzene rings is 2. The molecule has 1 aliphatic heterocycles. The van der Waals surface area contributed by atoms with Crippen LogP contribution in [0.15, 0.2) is 60.8 Å². The average molecular weight is 406 g/mol. The molecule has 5 heteroatoms. The third-order valence-corrected chi connectivity index (χ3v) is 6.01. The topological polar surface area (TPSA) is 48.6 Å². The minimum Gasteiger partial charge on any atom is -0.384 e. The predicted octanol–water partition coefficient (Wildman–Crippen LogP) is 3.36. The number of fused-ring (bicyclic) bond motifs is 1. The van der Waals surface area contributed by atoms with E-state index in [9.17, 15) is 4.79 Å². The van der Waals surface area contributed by atoms with Crippen LogP contribution in [0.3, 0.4) is 0 Å². The van der Waals surface area contributed by atoms with E-state index in [1.54, 1.807) is 7.11 Å². The molecule has 1 N–H and O–H groups in total. The van der Waals surface area contributed by atoms with Crippen LogP contribution in [0.2, 0.25) is 0 Å². The Morgan fingerprint density at radius 3 is 2.70 bits per heavy atom. The molecule has 0 unspecified atom stereocenters. The molecule has 2 aromatic carbocycles. The van der Waals surface area contributed by atoms with Crippen molar-refractivity contribution in [3.8, 4) is 0 Å². The lowest BCUT2D eigenvalue weighted by Gasteiger charge is -2.24. The number of ether oxygens (including phenoxy) is 1. The quantitative estimate of drug-likeness (QED) is 0.656. The van der Waals surface area contributed by atoms with Gasteiger partial charge < -0.3 is 19.5 Å². The van der Waals surface area contributed by atoms with E-state index in [4.69, 9.17) is 4.74 Å². The summed E-state index contributed by atoms with van der Waals surface area (Å²) < 4.78 is 5.47. The Morgan fingerprint density at radius 1 is 1.07 bits per heavy atom. The van der Waals surface area contributed by atoms with Crippen molar-refractivity contribution in [1.82, 2.24) is 14.8 Å². The number of rotatable bonds is 7. The SMILES string of the molecule is COC[C@@H]1CN(CCc2ccccc2)CCN(C(=O)Cc2c[nH]c3ccccc23)C1. The van der Waals surface area contributed by atoms with Crippen LogP contribution in [0.1, 0.15) is 11.1 Å². The lowest BCUT2D eigenvalue weighted by molar-refractivity contribution is -0.130. The Morgan fingerprint density at radius 2 is 1.87 bits per heavy atom. The molecule has 0 saturated carbocycles. The maximum atomic E-state index is 13.2. The highest BCUT2D eigenvalue weighted by Crippen LogP contribution is 2.20. The number of hydrogen-bond donors (Lipinski definition) is 1. The third-order valence-electron chi connectivity index (χ3n) is 6.01. The summed E-state index contributed by atoms with van der Waals surface area (Å²) in [5.74, 6) is 0.533. The van der Waals surface area contributed by atoms with Crippen LogP contribution in [-0.4, -0.2) is 67.1 Å². The highest BCUT2D eigenvalue weighted by molar-refractivity contribution is 5.88. The molecule has 1 amide bonds. The summed E-state index contributed by atoms with van der Waals surface area (Å²) in [5, 5.41) is 1.14. The molecule has 3 aromatic rings. The maximum absolute atomic E-state index is 13.2. The summed E-state index contributed by atoms with van der Waals surface area (Å²) >= 11 is 0. The fourth-order valence-corrected chi connectivity index (χ4v) is 4.43. The van der Waals surface area contributed by atoms with Crippen molar-refractivity contribution in [3.63, 3.8) is 0 Å². The molecule has 0 aliphatic carbocycles. The maximum Gasteiger partial charge on any atom is 0.227 e. The number of methoxy groups -OCH3 is 1. The Labute approximate surface area is 178 Å². The highest BCUT2D eigenvalue weighted by atomic mass is 16.5. The second-order valence-electron chi connectivity index (χ2n) is 8.23. The van der Waals surface area contributed by atoms with E-state index >= 15 is 0 Å². The van der Waals surface area contributed by atoms with Crippen molar-refractivity contribution in [1.29, 1.82) is 0 Å². The Bertz CT molecular complexity index is 953. The van der Waals surface area contributed by atoms with Crippen LogP contribution in [0.5, 0.6) is 0 Å². The molecule has 0 bridgehead atoms. The monoisotopic (exact) mass is 405 g/mol. The van der Waals surface area contributed by atoms with E-state index < -0.39 is 0 Å². The van der Waals surface area contributed by atoms with Gasteiger partial charge in [-0.15, -0.1) is 0 Å². The van der Waals surface area contributed by atoms with Gasteiger partial charge in [-0.3, -0.25) is 4.79 Å². The number of carbonyl (C=O) groups excluding carboxylic acids is 1. The molecule has 1 atom stereocenters. The van der Waals surface area contributed by atoms with Gasteiger partial charge in [0.05, 0.1) is 13.0 Å². The van der Waals surface area contributed by atoms with Gasteiger partial charge in [0.15, 0.2) is 0 Å². The minimum atomic E-state index is 0.200. The first kappa shape index (κ1) is 20.6. The van der Waals surface area contributed by atoms with Gasteiger partial charge in [0.1, 0.15) is 0 Å². The molecular weight excluding hydrogens is 374 g/mol. The lowest BCUT2D eigenvalue weighted by atomic mass is 10.1. The third kappa shape index (κ3) is 5.10. The molecule has 1 aromatic heterocycles. The number of nitrogens with one attached hydrogen (secondary N) is 1. The van der Waals surface area contributed by atoms with Crippen molar-refractivity contribution < 1.29 is 9.53 Å². The van der Waals surface area contributed by atoms with Crippen molar-refractivity contribution in [2.75, 3.05) is 46.4 Å². The number of aromatic nitrogens is 1. The van der Waals surface area contributed by atoms with E-state index in [1.165, 1.54) is 5.56 Å². The summed E-state index contributed by atoms with van der Waals surface area (Å²) in [7, 11) is 1.75. The Kier molecular flexibility index (Phi) is 6.82. The number of nitrogens with zero attached hydrogens (tertiary/aromatic N) is 2. The average Bonchev–Trinajstić information content (AvgIpc) is 3.06. The molecule has 2 heterocycles. The number of amides is 1. The van der Waals surface area contributed by atoms with E-state index in [0.29, 0.717) is 18.9 Å². The molecule has 0 spiro atoms. The second kappa shape index (κ2) is 9.92. The zero-order chi connectivity index (χ0) is 20.8. The number of hydrogen-bond acceptors (Lipinski definition) is 3. The first-order chi connectivity index (χ1) is 14.7. The van der Waals surface area contributed by atoms with Gasteiger partial charge >= 0.3 is 0 Å². The van der Waals surface area contributed by atoms with Crippen molar-refractivity contribution >= 4 is 16.8 Å². The normalized spacial score (nSPS) is 17.9. The standard InChI is InChI=1S/C25H31N3O2/c1-30-19-21-17-27(12-11-20-7-3-2-4-8-20)13-14-28(18-21)25(29)15-22-16-26-24-10-6-5-9-23(22)24/h2-10,16,21,26H,11-15,17-19H2,1H3/t21-/m1/s1. The van der Waals surface area contributed by atoms with Crippen LogP contribution >= 0.6 is 0 Å². The van der Waals surface area contributed by atoms with Crippen LogP contribution in [0, 0.1) is 5.92 Å². The zero-order valence-corrected chi connectivity index (χ0v) is 17.7. The van der Waals surface area contributed by atoms with Crippen molar-refractivity contribution in [3.05, 3.63) is 71.9 Å². The second-order valence-corrected chi connectivity index (χ2v) is 8.23. The van der Waals surface area contributed by atoms with Gasteiger partial charge in [0, 0.05) is 62.9 Å². The summed E-state index contributed by atoms with van der Waals surface area (Å²) in [6.45, 7) is 5.10. The van der Waals surface area contributed by atoms with Crippen LogP contribution in [0.4, 0.5) is 0 Å². The smallest absolute Gasteiger partial charge is 0.227 e. The minimum absolute atomic E-state index is 0.200. The molecule has 4 rings (SSSR count). The first-order valence-electron chi connectivity index (χ1n) is 10.8. The number of aromatic amines is 1. The summed E-state index contributed by atoms with van der Waals surface area (Å²) in [6.07, 6.45) is 3.44. The fourth-order valence-electron chi connectivity index (χ4n) is 4.43. The molecular formula is C25H31N3O2. The highest BCUT2D eigenvalue weighted by Gasteiger charge is 2.26. The van der Waals surface area contributed by atoms with Gasteiger partial charge in [-0.1, -0.05) is 48.5 Å². The van der Waals surface area contributed by atoms with Gasteiger partial charge in [0.25, 0.3) is 0 Å². The van der Waals surface area contributed by atoms with Gasteiger partial charge in [-0.2, -0.15) is 0 Å². The lowest BCUT2D eigenvalue weighted by Crippen LogP contribution is -2.37. The molecule has 1 aliphatic rings. The molecule has 158 valence electrons. The van der Waals surface area contributed by atoms with Crippen LogP contribution < -0.4 is 0 Å². The molecule has 1 fully saturated rings. The van der Waals surface area contributed by atoms with Gasteiger partial charge in [-0.05, 0) is 23.6 Å². The van der Waals surface area contributed by atoms with E-state index in [0.717, 1.165) is 55.6 Å². The summed E-state index contributed by atoms with van der Waals surface area (Å²) in [4.78, 5) is 20.9. The number of carbonyl (C=O) groups is 1. The van der Waals surface area contributed by atoms with Gasteiger partial charge in [-0.25, -0.2) is 0 Å². The van der Waals surface area contributed by atoms with Crippen molar-refractivity contribution in [2.45, 2.75) is 12.8 Å². The predicted molar refractivity (Wildman–Crippen MR) is 121 cm³/mol. The van der Waals surface area contributed by atoms with Crippen molar-refractivity contribution in [2.24, 2.45) is 5.92 Å². The number of H-pyrrole nitrogens is 1. The van der Waals surface area contributed by atoms with E-state index in [2.05, 4.69) is 52.3 Å². The first-order valence-corrected chi connectivity index (χ1v) is 10.8. The molecule has 30 heavy (non-hydrogen) atoms. The summed E-state index contributed by atoms with van der Waals surface area (Å²) in [5.41, 5.74) is 3.52. The molecule has 0 radical (unpaired) electrons. The van der Waals surface area contributed by atoms with E-state index in [-0.39, 0.29) is 5.91 Å². The van der Waals surface area contributed by atoms with E-state index in [1.807, 2.05) is 23.2 Å².